The molecule has 2 heterocycles. The summed E-state index contributed by atoms with van der Waals surface area (Å²) >= 11 is 0. The molecule has 0 atom stereocenters. The molecule has 0 unspecified atom stereocenters. The van der Waals surface area contributed by atoms with E-state index in [4.69, 9.17) is 0 Å². The fourth-order valence-corrected chi connectivity index (χ4v) is 3.21. The highest BCUT2D eigenvalue weighted by molar-refractivity contribution is 7.90. The number of aromatic nitrogens is 1. The topological polar surface area (TPSA) is 62.3 Å². The van der Waals surface area contributed by atoms with Crippen LogP contribution in [0.3, 0.4) is 0 Å². The van der Waals surface area contributed by atoms with Crippen molar-refractivity contribution >= 4 is 15.5 Å². The van der Waals surface area contributed by atoms with Crippen LogP contribution in [0.1, 0.15) is 19.3 Å². The highest BCUT2D eigenvalue weighted by Gasteiger charge is 2.18. The minimum Gasteiger partial charge on any atom is -0.371 e. The summed E-state index contributed by atoms with van der Waals surface area (Å²) in [5.41, 5.74) is 1.23. The first kappa shape index (κ1) is 15.3. The maximum atomic E-state index is 11.0. The highest BCUT2D eigenvalue weighted by atomic mass is 32.2. The molecule has 0 amide bonds. The van der Waals surface area contributed by atoms with E-state index in [-0.39, 0.29) is 5.75 Å². The molecule has 1 saturated heterocycles. The molecule has 112 valence electrons. The number of hydrogen-bond donors (Lipinski definition) is 1. The second kappa shape index (κ2) is 7.04. The summed E-state index contributed by atoms with van der Waals surface area (Å²) in [5.74, 6) is 0.274. The Bertz CT molecular complexity index is 496. The zero-order chi connectivity index (χ0) is 14.4. The Morgan fingerprint density at radius 2 is 1.95 bits per heavy atom. The molecule has 20 heavy (non-hydrogen) atoms. The van der Waals surface area contributed by atoms with Crippen molar-refractivity contribution in [3.63, 3.8) is 0 Å². The molecular formula is C14H23N3O2S. The Kier molecular flexibility index (Phi) is 5.37. The molecule has 1 aliphatic rings. The van der Waals surface area contributed by atoms with Crippen LogP contribution in [-0.2, 0) is 9.84 Å². The van der Waals surface area contributed by atoms with Gasteiger partial charge in [0.1, 0.15) is 9.84 Å². The van der Waals surface area contributed by atoms with Crippen molar-refractivity contribution in [3.8, 4) is 0 Å². The van der Waals surface area contributed by atoms with E-state index in [0.717, 1.165) is 32.5 Å². The minimum atomic E-state index is -2.83. The second-order valence-corrected chi connectivity index (χ2v) is 7.66. The monoisotopic (exact) mass is 297 g/mol. The van der Waals surface area contributed by atoms with Crippen LogP contribution in [0.2, 0.25) is 0 Å². The normalized spacial score (nSPS) is 17.4. The van der Waals surface area contributed by atoms with Gasteiger partial charge < -0.3 is 10.2 Å². The molecular weight excluding hydrogens is 274 g/mol. The van der Waals surface area contributed by atoms with E-state index in [2.05, 4.69) is 15.2 Å². The maximum Gasteiger partial charge on any atom is 0.147 e. The molecule has 1 aliphatic heterocycles. The van der Waals surface area contributed by atoms with Crippen molar-refractivity contribution in [3.05, 3.63) is 24.5 Å². The van der Waals surface area contributed by atoms with Crippen LogP contribution in [0.15, 0.2) is 24.5 Å². The van der Waals surface area contributed by atoms with Crippen molar-refractivity contribution in [2.45, 2.75) is 25.3 Å². The number of nitrogens with one attached hydrogen (secondary N) is 1. The standard InChI is InChI=1S/C14H23N3O2S/c1-20(18,19)12-2-7-16-13-5-10-17(11-6-13)14-3-8-15-9-4-14/h3-4,8-9,13,16H,2,5-7,10-12H2,1H3. The summed E-state index contributed by atoms with van der Waals surface area (Å²) < 4.78 is 22.1. The van der Waals surface area contributed by atoms with Gasteiger partial charge in [-0.2, -0.15) is 0 Å². The van der Waals surface area contributed by atoms with Gasteiger partial charge in [-0.05, 0) is 37.9 Å². The van der Waals surface area contributed by atoms with Gasteiger partial charge in [-0.15, -0.1) is 0 Å². The largest absolute Gasteiger partial charge is 0.371 e. The molecule has 1 aromatic rings. The molecule has 6 heteroatoms. The van der Waals surface area contributed by atoms with Crippen molar-refractivity contribution in [2.24, 2.45) is 0 Å². The van der Waals surface area contributed by atoms with Crippen LogP contribution in [0.25, 0.3) is 0 Å². The SMILES string of the molecule is CS(=O)(=O)CCCNC1CCN(c2ccncc2)CC1. The minimum absolute atomic E-state index is 0.274. The quantitative estimate of drug-likeness (QED) is 0.796. The average Bonchev–Trinajstić information content (AvgIpc) is 2.44. The Morgan fingerprint density at radius 3 is 2.55 bits per heavy atom. The van der Waals surface area contributed by atoms with Gasteiger partial charge in [0.15, 0.2) is 0 Å². The lowest BCUT2D eigenvalue weighted by molar-refractivity contribution is 0.416. The fourth-order valence-electron chi connectivity index (χ4n) is 2.54. The van der Waals surface area contributed by atoms with E-state index in [0.29, 0.717) is 12.5 Å². The van der Waals surface area contributed by atoms with E-state index >= 15 is 0 Å². The Labute approximate surface area is 121 Å². The second-order valence-electron chi connectivity index (χ2n) is 5.40. The summed E-state index contributed by atoms with van der Waals surface area (Å²) in [7, 11) is -2.83. The number of pyridine rings is 1. The van der Waals surface area contributed by atoms with Crippen LogP contribution < -0.4 is 10.2 Å². The van der Waals surface area contributed by atoms with Crippen LogP contribution in [-0.4, -0.2) is 51.1 Å². The van der Waals surface area contributed by atoms with Crippen LogP contribution in [0, 0.1) is 0 Å². The van der Waals surface area contributed by atoms with E-state index in [1.807, 2.05) is 24.5 Å². The van der Waals surface area contributed by atoms with Gasteiger partial charge in [-0.1, -0.05) is 0 Å². The summed E-state index contributed by atoms with van der Waals surface area (Å²) in [6.07, 6.45) is 7.84. The molecule has 0 aliphatic carbocycles. The van der Waals surface area contributed by atoms with Crippen molar-refractivity contribution < 1.29 is 8.42 Å². The lowest BCUT2D eigenvalue weighted by Crippen LogP contribution is -2.43. The van der Waals surface area contributed by atoms with Crippen molar-refractivity contribution in [2.75, 3.05) is 36.5 Å². The predicted octanol–water partition coefficient (Wildman–Crippen LogP) is 1.07. The van der Waals surface area contributed by atoms with E-state index in [9.17, 15) is 8.42 Å². The van der Waals surface area contributed by atoms with Crippen molar-refractivity contribution in [1.82, 2.24) is 10.3 Å². The smallest absolute Gasteiger partial charge is 0.147 e. The molecule has 5 nitrogen and oxygen atoms in total. The average molecular weight is 297 g/mol. The first-order valence-corrected chi connectivity index (χ1v) is 9.17. The molecule has 2 rings (SSSR count). The van der Waals surface area contributed by atoms with Gasteiger partial charge in [-0.25, -0.2) is 8.42 Å². The zero-order valence-electron chi connectivity index (χ0n) is 12.0. The van der Waals surface area contributed by atoms with Gasteiger partial charge in [-0.3, -0.25) is 4.98 Å². The molecule has 0 radical (unpaired) electrons. The van der Waals surface area contributed by atoms with Gasteiger partial charge >= 0.3 is 0 Å². The Hall–Kier alpha value is -1.14. The number of anilines is 1. The lowest BCUT2D eigenvalue weighted by atomic mass is 10.0. The van der Waals surface area contributed by atoms with Crippen LogP contribution in [0.5, 0.6) is 0 Å². The highest BCUT2D eigenvalue weighted by Crippen LogP contribution is 2.18. The van der Waals surface area contributed by atoms with Crippen LogP contribution >= 0.6 is 0 Å². The molecule has 0 saturated carbocycles. The predicted molar refractivity (Wildman–Crippen MR) is 81.8 cm³/mol. The first-order chi connectivity index (χ1) is 9.54. The third-order valence-electron chi connectivity index (χ3n) is 3.65. The number of rotatable bonds is 6. The molecule has 1 fully saturated rings. The molecule has 0 aromatic carbocycles. The summed E-state index contributed by atoms with van der Waals surface area (Å²) in [6.45, 7) is 2.86. The lowest BCUT2D eigenvalue weighted by Gasteiger charge is -2.34. The summed E-state index contributed by atoms with van der Waals surface area (Å²) in [5, 5.41) is 3.46. The van der Waals surface area contributed by atoms with Gasteiger partial charge in [0.25, 0.3) is 0 Å². The van der Waals surface area contributed by atoms with Crippen LogP contribution in [0.4, 0.5) is 5.69 Å². The number of sulfone groups is 1. The van der Waals surface area contributed by atoms with Crippen molar-refractivity contribution in [1.29, 1.82) is 0 Å². The Balaban J connectivity index is 1.67. The van der Waals surface area contributed by atoms with E-state index < -0.39 is 9.84 Å². The zero-order valence-corrected chi connectivity index (χ0v) is 12.8. The first-order valence-electron chi connectivity index (χ1n) is 7.11. The number of hydrogen-bond acceptors (Lipinski definition) is 5. The van der Waals surface area contributed by atoms with Gasteiger partial charge in [0.2, 0.25) is 0 Å². The van der Waals surface area contributed by atoms with E-state index in [1.165, 1.54) is 11.9 Å². The summed E-state index contributed by atoms with van der Waals surface area (Å²) in [6, 6.07) is 4.59. The van der Waals surface area contributed by atoms with Gasteiger partial charge in [0, 0.05) is 43.5 Å². The van der Waals surface area contributed by atoms with E-state index in [1.54, 1.807) is 0 Å². The molecule has 0 bridgehead atoms. The maximum absolute atomic E-state index is 11.0. The molecule has 1 N–H and O–H groups in total. The molecule has 1 aromatic heterocycles. The van der Waals surface area contributed by atoms with Gasteiger partial charge in [0.05, 0.1) is 5.75 Å². The molecule has 0 spiro atoms. The Morgan fingerprint density at radius 1 is 1.30 bits per heavy atom. The third kappa shape index (κ3) is 5.09. The summed E-state index contributed by atoms with van der Waals surface area (Å²) in [4.78, 5) is 6.41. The fraction of sp³-hybridized carbons (Fsp3) is 0.643. The number of piperidine rings is 1. The third-order valence-corrected chi connectivity index (χ3v) is 4.68. The number of nitrogens with zero attached hydrogens (tertiary/aromatic N) is 2.